The van der Waals surface area contributed by atoms with Gasteiger partial charge in [-0.3, -0.25) is 14.6 Å². The van der Waals surface area contributed by atoms with E-state index in [1.807, 2.05) is 47.4 Å². The molecule has 1 aromatic heterocycles. The third-order valence-electron chi connectivity index (χ3n) is 6.49. The molecule has 1 spiro atoms. The van der Waals surface area contributed by atoms with Gasteiger partial charge in [0.05, 0.1) is 30.3 Å². The molecular weight excluding hydrogens is 378 g/mol. The first-order chi connectivity index (χ1) is 14.7. The molecule has 1 fully saturated rings. The molecule has 1 N–H and O–H groups in total. The number of nitrogens with zero attached hydrogens (tertiary/aromatic N) is 2. The average molecular weight is 408 g/mol. The van der Waals surface area contributed by atoms with Crippen LogP contribution in [0, 0.1) is 0 Å². The topological polar surface area (TPSA) is 71.5 Å². The summed E-state index contributed by atoms with van der Waals surface area (Å²) in [5.74, 6) is -0.421. The van der Waals surface area contributed by atoms with E-state index in [1.165, 1.54) is 0 Å². The Morgan fingerprint density at radius 3 is 2.67 bits per heavy atom. The summed E-state index contributed by atoms with van der Waals surface area (Å²) < 4.78 is 5.31. The summed E-state index contributed by atoms with van der Waals surface area (Å²) in [4.78, 5) is 33.3. The lowest BCUT2D eigenvalue weighted by molar-refractivity contribution is -0.127. The summed E-state index contributed by atoms with van der Waals surface area (Å²) in [5.41, 5.74) is 1.79. The van der Waals surface area contributed by atoms with Crippen molar-refractivity contribution in [2.75, 3.05) is 20.3 Å². The third-order valence-corrected chi connectivity index (χ3v) is 6.49. The van der Waals surface area contributed by atoms with E-state index in [0.29, 0.717) is 25.3 Å². The zero-order valence-electron chi connectivity index (χ0n) is 17.5. The van der Waals surface area contributed by atoms with Crippen LogP contribution in [-0.2, 0) is 16.1 Å². The molecule has 2 amide bonds. The molecule has 4 rings (SSSR count). The van der Waals surface area contributed by atoms with Gasteiger partial charge in [-0.05, 0) is 36.6 Å². The van der Waals surface area contributed by atoms with Crippen LogP contribution in [0.3, 0.4) is 0 Å². The maximum Gasteiger partial charge on any atom is 0.254 e. The van der Waals surface area contributed by atoms with Crippen molar-refractivity contribution < 1.29 is 14.3 Å². The van der Waals surface area contributed by atoms with Crippen molar-refractivity contribution in [3.8, 4) is 0 Å². The molecule has 0 bridgehead atoms. The normalized spacial score (nSPS) is 20.1. The average Bonchev–Trinajstić information content (AvgIpc) is 2.79. The van der Waals surface area contributed by atoms with Gasteiger partial charge >= 0.3 is 0 Å². The Bertz CT molecular complexity index is 894. The second-order valence-corrected chi connectivity index (χ2v) is 8.17. The summed E-state index contributed by atoms with van der Waals surface area (Å²) in [7, 11) is 1.65. The summed E-state index contributed by atoms with van der Waals surface area (Å²) >= 11 is 0. The van der Waals surface area contributed by atoms with Crippen molar-refractivity contribution in [2.45, 2.75) is 50.1 Å². The SMILES string of the molecule is COCCN1C(=O)c2ccccc2[C@H](C(=O)NCc2ccccn2)C12CCCCC2. The molecule has 0 saturated heterocycles. The van der Waals surface area contributed by atoms with Crippen LogP contribution in [0.5, 0.6) is 0 Å². The van der Waals surface area contributed by atoms with E-state index in [0.717, 1.165) is 43.4 Å². The largest absolute Gasteiger partial charge is 0.383 e. The van der Waals surface area contributed by atoms with Crippen LogP contribution in [0.1, 0.15) is 59.6 Å². The van der Waals surface area contributed by atoms with Crippen LogP contribution < -0.4 is 5.32 Å². The molecule has 1 aliphatic heterocycles. The third kappa shape index (κ3) is 3.72. The molecule has 1 aromatic carbocycles. The van der Waals surface area contributed by atoms with Gasteiger partial charge in [0.2, 0.25) is 5.91 Å². The van der Waals surface area contributed by atoms with Gasteiger partial charge in [0, 0.05) is 25.4 Å². The number of hydrogen-bond donors (Lipinski definition) is 1. The van der Waals surface area contributed by atoms with Crippen LogP contribution in [0.15, 0.2) is 48.7 Å². The molecule has 2 aliphatic rings. The van der Waals surface area contributed by atoms with Crippen LogP contribution in [0.4, 0.5) is 0 Å². The smallest absolute Gasteiger partial charge is 0.254 e. The Morgan fingerprint density at radius 2 is 1.93 bits per heavy atom. The second kappa shape index (κ2) is 8.96. The molecule has 30 heavy (non-hydrogen) atoms. The van der Waals surface area contributed by atoms with Crippen molar-refractivity contribution in [3.63, 3.8) is 0 Å². The van der Waals surface area contributed by atoms with Gasteiger partial charge in [0.25, 0.3) is 5.91 Å². The summed E-state index contributed by atoms with van der Waals surface area (Å²) in [5, 5.41) is 3.10. The molecule has 2 aromatic rings. The number of fused-ring (bicyclic) bond motifs is 1. The minimum absolute atomic E-state index is 0.0123. The molecule has 158 valence electrons. The number of amides is 2. The minimum atomic E-state index is -0.504. The highest BCUT2D eigenvalue weighted by Crippen LogP contribution is 2.49. The van der Waals surface area contributed by atoms with Crippen LogP contribution in [-0.4, -0.2) is 47.5 Å². The van der Waals surface area contributed by atoms with Crippen molar-refractivity contribution in [3.05, 3.63) is 65.5 Å². The van der Waals surface area contributed by atoms with Gasteiger partial charge in [0.15, 0.2) is 0 Å². The van der Waals surface area contributed by atoms with Crippen molar-refractivity contribution in [1.82, 2.24) is 15.2 Å². The first-order valence-corrected chi connectivity index (χ1v) is 10.7. The Balaban J connectivity index is 1.72. The van der Waals surface area contributed by atoms with E-state index >= 15 is 0 Å². The quantitative estimate of drug-likeness (QED) is 0.798. The van der Waals surface area contributed by atoms with Crippen LogP contribution in [0.2, 0.25) is 0 Å². The maximum absolute atomic E-state index is 13.6. The number of benzene rings is 1. The lowest BCUT2D eigenvalue weighted by atomic mass is 9.65. The molecule has 2 heterocycles. The fraction of sp³-hybridized carbons (Fsp3) is 0.458. The van der Waals surface area contributed by atoms with Crippen molar-refractivity contribution in [1.29, 1.82) is 0 Å². The van der Waals surface area contributed by atoms with Gasteiger partial charge in [-0.1, -0.05) is 43.5 Å². The van der Waals surface area contributed by atoms with E-state index in [2.05, 4.69) is 10.3 Å². The van der Waals surface area contributed by atoms with Crippen LogP contribution >= 0.6 is 0 Å². The molecule has 1 saturated carbocycles. The number of rotatable bonds is 6. The zero-order valence-corrected chi connectivity index (χ0v) is 17.5. The zero-order chi connectivity index (χ0) is 21.0. The Morgan fingerprint density at radius 1 is 1.17 bits per heavy atom. The molecular formula is C24H29N3O3. The standard InChI is InChI=1S/C24H29N3O3/c1-30-16-15-27-23(29)20-11-4-3-10-19(20)21(24(27)12-6-2-7-13-24)22(28)26-17-18-9-5-8-14-25-18/h3-5,8-11,14,21H,2,6-7,12-13,15-17H2,1H3,(H,26,28)/t21-/m1/s1. The predicted octanol–water partition coefficient (Wildman–Crippen LogP) is 3.29. The molecule has 6 nitrogen and oxygen atoms in total. The number of aromatic nitrogens is 1. The van der Waals surface area contributed by atoms with Crippen LogP contribution in [0.25, 0.3) is 0 Å². The first kappa shape index (κ1) is 20.5. The summed E-state index contributed by atoms with van der Waals surface area (Å²) in [6.45, 7) is 1.33. The van der Waals surface area contributed by atoms with Gasteiger partial charge in [-0.15, -0.1) is 0 Å². The number of carbonyl (C=O) groups is 2. The van der Waals surface area contributed by atoms with E-state index in [-0.39, 0.29) is 11.8 Å². The number of pyridine rings is 1. The highest BCUT2D eigenvalue weighted by molar-refractivity contribution is 6.02. The van der Waals surface area contributed by atoms with E-state index < -0.39 is 11.5 Å². The predicted molar refractivity (Wildman–Crippen MR) is 114 cm³/mol. The van der Waals surface area contributed by atoms with E-state index in [9.17, 15) is 9.59 Å². The number of carbonyl (C=O) groups excluding carboxylic acids is 2. The highest BCUT2D eigenvalue weighted by atomic mass is 16.5. The number of nitrogens with one attached hydrogen (secondary N) is 1. The molecule has 6 heteroatoms. The van der Waals surface area contributed by atoms with Gasteiger partial charge in [-0.25, -0.2) is 0 Å². The first-order valence-electron chi connectivity index (χ1n) is 10.7. The van der Waals surface area contributed by atoms with Gasteiger partial charge in [-0.2, -0.15) is 0 Å². The monoisotopic (exact) mass is 407 g/mol. The van der Waals surface area contributed by atoms with E-state index in [1.54, 1.807) is 13.3 Å². The van der Waals surface area contributed by atoms with E-state index in [4.69, 9.17) is 4.74 Å². The number of methoxy groups -OCH3 is 1. The Hall–Kier alpha value is -2.73. The maximum atomic E-state index is 13.6. The lowest BCUT2D eigenvalue weighted by Gasteiger charge is -2.53. The van der Waals surface area contributed by atoms with Gasteiger partial charge < -0.3 is 15.0 Å². The Kier molecular flexibility index (Phi) is 6.13. The molecule has 0 unspecified atom stereocenters. The molecule has 1 atom stereocenters. The molecule has 0 radical (unpaired) electrons. The highest BCUT2D eigenvalue weighted by Gasteiger charge is 2.54. The fourth-order valence-electron chi connectivity index (χ4n) is 5.13. The lowest BCUT2D eigenvalue weighted by Crippen LogP contribution is -2.63. The van der Waals surface area contributed by atoms with Gasteiger partial charge in [0.1, 0.15) is 0 Å². The number of ether oxygens (including phenoxy) is 1. The summed E-state index contributed by atoms with van der Waals surface area (Å²) in [6, 6.07) is 13.3. The number of hydrogen-bond acceptors (Lipinski definition) is 4. The Labute approximate surface area is 177 Å². The van der Waals surface area contributed by atoms with Crippen molar-refractivity contribution in [2.24, 2.45) is 0 Å². The second-order valence-electron chi connectivity index (χ2n) is 8.17. The fourth-order valence-corrected chi connectivity index (χ4v) is 5.13. The minimum Gasteiger partial charge on any atom is -0.383 e. The molecule has 1 aliphatic carbocycles. The van der Waals surface area contributed by atoms with Crippen molar-refractivity contribution >= 4 is 11.8 Å². The summed E-state index contributed by atoms with van der Waals surface area (Å²) in [6.07, 6.45) is 6.56.